The van der Waals surface area contributed by atoms with E-state index in [-0.39, 0.29) is 0 Å². The molecule has 20 heavy (non-hydrogen) atoms. The van der Waals surface area contributed by atoms with Crippen LogP contribution in [0.4, 0.5) is 0 Å². The molecule has 0 spiro atoms. The number of ether oxygens (including phenoxy) is 1. The lowest BCUT2D eigenvalue weighted by molar-refractivity contribution is 0.0374. The van der Waals surface area contributed by atoms with Crippen molar-refractivity contribution in [2.45, 2.75) is 88.3 Å². The minimum atomic E-state index is 0.332. The Labute approximate surface area is 124 Å². The molecule has 0 bridgehead atoms. The van der Waals surface area contributed by atoms with E-state index in [1.807, 2.05) is 0 Å². The van der Waals surface area contributed by atoms with Gasteiger partial charge in [0.1, 0.15) is 0 Å². The van der Waals surface area contributed by atoms with E-state index in [0.29, 0.717) is 17.7 Å². The van der Waals surface area contributed by atoms with Crippen LogP contribution < -0.4 is 5.73 Å². The lowest BCUT2D eigenvalue weighted by Crippen LogP contribution is -2.59. The highest BCUT2D eigenvalue weighted by atomic mass is 16.5. The van der Waals surface area contributed by atoms with E-state index < -0.39 is 0 Å². The van der Waals surface area contributed by atoms with Crippen LogP contribution >= 0.6 is 0 Å². The molecule has 0 aromatic carbocycles. The average Bonchev–Trinajstić information content (AvgIpc) is 3.18. The van der Waals surface area contributed by atoms with E-state index in [0.717, 1.165) is 13.0 Å². The highest BCUT2D eigenvalue weighted by Gasteiger charge is 2.44. The third-order valence-electron chi connectivity index (χ3n) is 5.97. The van der Waals surface area contributed by atoms with Crippen LogP contribution in [-0.4, -0.2) is 42.3 Å². The summed E-state index contributed by atoms with van der Waals surface area (Å²) in [5.74, 6) is 0. The van der Waals surface area contributed by atoms with Crippen LogP contribution in [0.5, 0.6) is 0 Å². The largest absolute Gasteiger partial charge is 0.378 e. The van der Waals surface area contributed by atoms with Crippen molar-refractivity contribution in [1.29, 1.82) is 0 Å². The molecule has 2 saturated heterocycles. The molecule has 2 atom stereocenters. The third kappa shape index (κ3) is 3.05. The summed E-state index contributed by atoms with van der Waals surface area (Å²) < 4.78 is 5.78. The molecule has 2 heterocycles. The predicted molar refractivity (Wildman–Crippen MR) is 82.8 cm³/mol. The minimum absolute atomic E-state index is 0.332. The van der Waals surface area contributed by atoms with Gasteiger partial charge >= 0.3 is 0 Å². The third-order valence-corrected chi connectivity index (χ3v) is 5.97. The number of nitrogens with zero attached hydrogens (tertiary/aromatic N) is 1. The fourth-order valence-electron chi connectivity index (χ4n) is 4.75. The Morgan fingerprint density at radius 1 is 1.05 bits per heavy atom. The maximum atomic E-state index is 6.73. The fraction of sp³-hybridized carbons (Fsp3) is 1.00. The van der Waals surface area contributed by atoms with E-state index >= 15 is 0 Å². The van der Waals surface area contributed by atoms with Crippen LogP contribution in [0.1, 0.15) is 70.6 Å². The Balaban J connectivity index is 1.59. The Kier molecular flexibility index (Phi) is 5.00. The Morgan fingerprint density at radius 3 is 2.45 bits per heavy atom. The minimum Gasteiger partial charge on any atom is -0.378 e. The van der Waals surface area contributed by atoms with Gasteiger partial charge in [-0.25, -0.2) is 0 Å². The average molecular weight is 280 g/mol. The van der Waals surface area contributed by atoms with E-state index in [9.17, 15) is 0 Å². The molecule has 0 radical (unpaired) electrons. The second-order valence-electron chi connectivity index (χ2n) is 7.18. The molecule has 116 valence electrons. The number of nitrogens with two attached hydrogens (primary N) is 1. The molecule has 1 saturated carbocycles. The highest BCUT2D eigenvalue weighted by Crippen LogP contribution is 2.40. The standard InChI is InChI=1S/C17H32N2O/c18-16(9-8-15-7-6-14-20-15)17(10-2-3-11-17)19-12-4-1-5-13-19/h15-16H,1-14,18H2. The first-order chi connectivity index (χ1) is 9.81. The molecule has 3 nitrogen and oxygen atoms in total. The number of piperidine rings is 1. The van der Waals surface area contributed by atoms with Crippen molar-refractivity contribution in [3.05, 3.63) is 0 Å². The van der Waals surface area contributed by atoms with Crippen LogP contribution in [0.15, 0.2) is 0 Å². The summed E-state index contributed by atoms with van der Waals surface area (Å²) in [6.45, 7) is 3.54. The van der Waals surface area contributed by atoms with Crippen molar-refractivity contribution in [2.75, 3.05) is 19.7 Å². The van der Waals surface area contributed by atoms with Crippen molar-refractivity contribution in [3.63, 3.8) is 0 Å². The number of likely N-dealkylation sites (tertiary alicyclic amines) is 1. The second-order valence-corrected chi connectivity index (χ2v) is 7.18. The van der Waals surface area contributed by atoms with Crippen LogP contribution in [0.3, 0.4) is 0 Å². The monoisotopic (exact) mass is 280 g/mol. The maximum absolute atomic E-state index is 6.73. The van der Waals surface area contributed by atoms with E-state index in [2.05, 4.69) is 4.90 Å². The van der Waals surface area contributed by atoms with Gasteiger partial charge in [-0.1, -0.05) is 19.3 Å². The van der Waals surface area contributed by atoms with Crippen molar-refractivity contribution in [1.82, 2.24) is 4.90 Å². The number of hydrogen-bond donors (Lipinski definition) is 1. The second kappa shape index (κ2) is 6.76. The van der Waals surface area contributed by atoms with Gasteiger partial charge in [0.15, 0.2) is 0 Å². The molecule has 0 aromatic heterocycles. The van der Waals surface area contributed by atoms with Crippen molar-refractivity contribution in [2.24, 2.45) is 5.73 Å². The molecule has 2 N–H and O–H groups in total. The van der Waals surface area contributed by atoms with Crippen molar-refractivity contribution >= 4 is 0 Å². The first-order valence-corrected chi connectivity index (χ1v) is 8.93. The molecule has 3 aliphatic rings. The van der Waals surface area contributed by atoms with E-state index in [1.165, 1.54) is 77.3 Å². The van der Waals surface area contributed by atoms with Crippen LogP contribution in [0, 0.1) is 0 Å². The molecule has 3 heteroatoms. The molecule has 1 aliphatic carbocycles. The number of rotatable bonds is 5. The Morgan fingerprint density at radius 2 is 1.80 bits per heavy atom. The summed E-state index contributed by atoms with van der Waals surface area (Å²) in [6.07, 6.45) is 14.9. The Bertz CT molecular complexity index is 289. The van der Waals surface area contributed by atoms with E-state index in [4.69, 9.17) is 10.5 Å². The normalized spacial score (nSPS) is 32.5. The molecule has 0 aromatic rings. The van der Waals surface area contributed by atoms with Gasteiger partial charge in [-0.3, -0.25) is 4.90 Å². The number of hydrogen-bond acceptors (Lipinski definition) is 3. The van der Waals surface area contributed by atoms with Crippen LogP contribution in [0.25, 0.3) is 0 Å². The van der Waals surface area contributed by atoms with Gasteiger partial charge in [0.2, 0.25) is 0 Å². The van der Waals surface area contributed by atoms with E-state index in [1.54, 1.807) is 0 Å². The van der Waals surface area contributed by atoms with Gasteiger partial charge < -0.3 is 10.5 Å². The molecule has 3 rings (SSSR count). The molecule has 2 aliphatic heterocycles. The summed E-state index contributed by atoms with van der Waals surface area (Å²) in [4.78, 5) is 2.77. The summed E-state index contributed by atoms with van der Waals surface area (Å²) in [5, 5.41) is 0. The molecule has 0 amide bonds. The fourth-order valence-corrected chi connectivity index (χ4v) is 4.75. The summed E-state index contributed by atoms with van der Waals surface area (Å²) in [6, 6.07) is 0.354. The van der Waals surface area contributed by atoms with Gasteiger partial charge in [-0.2, -0.15) is 0 Å². The van der Waals surface area contributed by atoms with Gasteiger partial charge in [0.25, 0.3) is 0 Å². The van der Waals surface area contributed by atoms with Crippen molar-refractivity contribution < 1.29 is 4.74 Å². The quantitative estimate of drug-likeness (QED) is 0.841. The summed E-state index contributed by atoms with van der Waals surface area (Å²) in [5.41, 5.74) is 7.06. The van der Waals surface area contributed by atoms with Gasteiger partial charge in [0, 0.05) is 18.2 Å². The summed E-state index contributed by atoms with van der Waals surface area (Å²) >= 11 is 0. The maximum Gasteiger partial charge on any atom is 0.0576 e. The smallest absolute Gasteiger partial charge is 0.0576 e. The first-order valence-electron chi connectivity index (χ1n) is 8.93. The molecule has 2 unspecified atom stereocenters. The Hall–Kier alpha value is -0.120. The molecular formula is C17H32N2O. The van der Waals surface area contributed by atoms with Crippen molar-refractivity contribution in [3.8, 4) is 0 Å². The van der Waals surface area contributed by atoms with Gasteiger partial charge in [-0.15, -0.1) is 0 Å². The van der Waals surface area contributed by atoms with Crippen LogP contribution in [-0.2, 0) is 4.74 Å². The highest BCUT2D eigenvalue weighted by molar-refractivity contribution is 5.03. The topological polar surface area (TPSA) is 38.5 Å². The predicted octanol–water partition coefficient (Wildman–Crippen LogP) is 3.07. The zero-order valence-electron chi connectivity index (χ0n) is 13.0. The lowest BCUT2D eigenvalue weighted by Gasteiger charge is -2.47. The molecular weight excluding hydrogens is 248 g/mol. The summed E-state index contributed by atoms with van der Waals surface area (Å²) in [7, 11) is 0. The first kappa shape index (κ1) is 14.8. The van der Waals surface area contributed by atoms with Gasteiger partial charge in [-0.05, 0) is 64.5 Å². The zero-order valence-corrected chi connectivity index (χ0v) is 13.0. The van der Waals surface area contributed by atoms with Crippen LogP contribution in [0.2, 0.25) is 0 Å². The van der Waals surface area contributed by atoms with Gasteiger partial charge in [0.05, 0.1) is 6.10 Å². The molecule has 3 fully saturated rings. The lowest BCUT2D eigenvalue weighted by atomic mass is 9.82. The SMILES string of the molecule is NC(CCC1CCCO1)C1(N2CCCCC2)CCCC1. The zero-order chi connectivity index (χ0) is 13.8.